The van der Waals surface area contributed by atoms with E-state index in [9.17, 15) is 9.59 Å². The number of likely N-dealkylation sites (tertiary alicyclic amines) is 1. The van der Waals surface area contributed by atoms with Crippen molar-refractivity contribution in [2.75, 3.05) is 37.6 Å². The van der Waals surface area contributed by atoms with Crippen molar-refractivity contribution in [2.45, 2.75) is 25.7 Å². The van der Waals surface area contributed by atoms with Crippen LogP contribution in [0.25, 0.3) is 0 Å². The highest BCUT2D eigenvalue weighted by Crippen LogP contribution is 2.25. The number of piperidine rings is 1. The van der Waals surface area contributed by atoms with E-state index in [1.165, 1.54) is 0 Å². The first-order valence-electron chi connectivity index (χ1n) is 8.71. The average Bonchev–Trinajstić information content (AvgIpc) is 3.09. The second kappa shape index (κ2) is 7.88. The van der Waals surface area contributed by atoms with Crippen LogP contribution in [0.4, 0.5) is 5.69 Å². The fourth-order valence-corrected chi connectivity index (χ4v) is 3.64. The standard InChI is InChI=1S/C18H24ClN3O2/c19-15-5-4-6-16(11-15)22-10-7-14(13-22)12-20-17(23)18(24)21-8-2-1-3-9-21/h4-6,11,14H,1-3,7-10,12-13H2,(H,20,23)/t14-/m1/s1. The molecule has 2 heterocycles. The third kappa shape index (κ3) is 4.20. The van der Waals surface area contributed by atoms with E-state index < -0.39 is 5.91 Å². The maximum atomic E-state index is 12.1. The molecule has 1 atom stereocenters. The molecule has 0 aromatic heterocycles. The number of hydrogen-bond donors (Lipinski definition) is 1. The van der Waals surface area contributed by atoms with Crippen molar-refractivity contribution in [3.8, 4) is 0 Å². The van der Waals surface area contributed by atoms with Gasteiger partial charge in [-0.3, -0.25) is 9.59 Å². The van der Waals surface area contributed by atoms with E-state index in [1.54, 1.807) is 4.90 Å². The molecule has 2 fully saturated rings. The van der Waals surface area contributed by atoms with Crippen molar-refractivity contribution < 1.29 is 9.59 Å². The van der Waals surface area contributed by atoms with Gasteiger partial charge in [-0.25, -0.2) is 0 Å². The summed E-state index contributed by atoms with van der Waals surface area (Å²) in [6, 6.07) is 7.82. The Kier molecular flexibility index (Phi) is 5.61. The van der Waals surface area contributed by atoms with E-state index in [1.807, 2.05) is 24.3 Å². The molecule has 1 N–H and O–H groups in total. The Balaban J connectivity index is 1.45. The second-order valence-corrected chi connectivity index (χ2v) is 7.08. The smallest absolute Gasteiger partial charge is 0.311 e. The minimum absolute atomic E-state index is 0.363. The van der Waals surface area contributed by atoms with Crippen LogP contribution in [0.5, 0.6) is 0 Å². The molecule has 0 spiro atoms. The summed E-state index contributed by atoms with van der Waals surface area (Å²) in [5, 5.41) is 3.55. The molecule has 2 amide bonds. The summed E-state index contributed by atoms with van der Waals surface area (Å²) in [6.07, 6.45) is 4.14. The Morgan fingerprint density at radius 3 is 2.71 bits per heavy atom. The number of carbonyl (C=O) groups excluding carboxylic acids is 2. The first-order chi connectivity index (χ1) is 11.6. The molecule has 3 rings (SSSR count). The number of nitrogens with one attached hydrogen (secondary N) is 1. The number of halogens is 1. The van der Waals surface area contributed by atoms with Crippen LogP contribution in [0.1, 0.15) is 25.7 Å². The second-order valence-electron chi connectivity index (χ2n) is 6.64. The topological polar surface area (TPSA) is 52.7 Å². The SMILES string of the molecule is O=C(NC[C@H]1CCN(c2cccc(Cl)c2)C1)C(=O)N1CCCCC1. The maximum Gasteiger partial charge on any atom is 0.311 e. The van der Waals surface area contributed by atoms with E-state index in [-0.39, 0.29) is 5.91 Å². The third-order valence-electron chi connectivity index (χ3n) is 4.85. The molecule has 1 aromatic carbocycles. The Bertz CT molecular complexity index is 602. The number of anilines is 1. The largest absolute Gasteiger partial charge is 0.371 e. The highest BCUT2D eigenvalue weighted by atomic mass is 35.5. The van der Waals surface area contributed by atoms with Crippen LogP contribution in [0, 0.1) is 5.92 Å². The number of nitrogens with zero attached hydrogens (tertiary/aromatic N) is 2. The van der Waals surface area contributed by atoms with Crippen molar-refractivity contribution in [1.82, 2.24) is 10.2 Å². The van der Waals surface area contributed by atoms with E-state index in [0.717, 1.165) is 49.5 Å². The number of carbonyl (C=O) groups is 2. The molecule has 1 aromatic rings. The molecule has 2 aliphatic rings. The minimum atomic E-state index is -0.460. The third-order valence-corrected chi connectivity index (χ3v) is 5.08. The van der Waals surface area contributed by atoms with Crippen LogP contribution in [0.3, 0.4) is 0 Å². The molecule has 0 saturated carbocycles. The summed E-state index contributed by atoms with van der Waals surface area (Å²) in [6.45, 7) is 3.78. The van der Waals surface area contributed by atoms with Crippen LogP contribution in [-0.4, -0.2) is 49.4 Å². The maximum absolute atomic E-state index is 12.1. The van der Waals surface area contributed by atoms with E-state index in [0.29, 0.717) is 25.6 Å². The molecule has 0 radical (unpaired) electrons. The molecule has 2 aliphatic heterocycles. The number of benzene rings is 1. The van der Waals surface area contributed by atoms with E-state index in [2.05, 4.69) is 10.2 Å². The lowest BCUT2D eigenvalue weighted by molar-refractivity contribution is -0.146. The molecule has 6 heteroatoms. The van der Waals surface area contributed by atoms with Crippen LogP contribution in [0.15, 0.2) is 24.3 Å². The van der Waals surface area contributed by atoms with Crippen molar-refractivity contribution in [2.24, 2.45) is 5.92 Å². The zero-order chi connectivity index (χ0) is 16.9. The predicted octanol–water partition coefficient (Wildman–Crippen LogP) is 2.29. The fourth-order valence-electron chi connectivity index (χ4n) is 3.46. The Hall–Kier alpha value is -1.75. The Morgan fingerprint density at radius 2 is 1.96 bits per heavy atom. The summed E-state index contributed by atoms with van der Waals surface area (Å²) in [5.41, 5.74) is 1.11. The van der Waals surface area contributed by atoms with Gasteiger partial charge in [0, 0.05) is 43.4 Å². The predicted molar refractivity (Wildman–Crippen MR) is 95.2 cm³/mol. The van der Waals surface area contributed by atoms with Crippen molar-refractivity contribution in [3.63, 3.8) is 0 Å². The van der Waals surface area contributed by atoms with Crippen LogP contribution >= 0.6 is 11.6 Å². The van der Waals surface area contributed by atoms with Gasteiger partial charge in [-0.2, -0.15) is 0 Å². The number of rotatable bonds is 3. The average molecular weight is 350 g/mol. The van der Waals surface area contributed by atoms with Gasteiger partial charge in [0.05, 0.1) is 0 Å². The zero-order valence-electron chi connectivity index (χ0n) is 13.8. The molecule has 24 heavy (non-hydrogen) atoms. The highest BCUT2D eigenvalue weighted by Gasteiger charge is 2.26. The molecular weight excluding hydrogens is 326 g/mol. The highest BCUT2D eigenvalue weighted by molar-refractivity contribution is 6.35. The van der Waals surface area contributed by atoms with Crippen LogP contribution in [-0.2, 0) is 9.59 Å². The van der Waals surface area contributed by atoms with Crippen LogP contribution in [0.2, 0.25) is 5.02 Å². The van der Waals surface area contributed by atoms with Crippen molar-refractivity contribution in [1.29, 1.82) is 0 Å². The molecule has 5 nitrogen and oxygen atoms in total. The van der Waals surface area contributed by atoms with Gasteiger partial charge >= 0.3 is 11.8 Å². The molecule has 0 aliphatic carbocycles. The van der Waals surface area contributed by atoms with Gasteiger partial charge in [-0.15, -0.1) is 0 Å². The van der Waals surface area contributed by atoms with Gasteiger partial charge in [-0.1, -0.05) is 17.7 Å². The summed E-state index contributed by atoms with van der Waals surface area (Å²) in [5.74, 6) is -0.473. The van der Waals surface area contributed by atoms with Gasteiger partial charge < -0.3 is 15.1 Å². The zero-order valence-corrected chi connectivity index (χ0v) is 14.6. The van der Waals surface area contributed by atoms with E-state index in [4.69, 9.17) is 11.6 Å². The number of hydrogen-bond acceptors (Lipinski definition) is 3. The van der Waals surface area contributed by atoms with Crippen molar-refractivity contribution >= 4 is 29.1 Å². The Morgan fingerprint density at radius 1 is 1.17 bits per heavy atom. The van der Waals surface area contributed by atoms with E-state index >= 15 is 0 Å². The van der Waals surface area contributed by atoms with Gasteiger partial charge in [0.15, 0.2) is 0 Å². The normalized spacial score (nSPS) is 21.0. The Labute approximate surface area is 147 Å². The minimum Gasteiger partial charge on any atom is -0.371 e. The summed E-state index contributed by atoms with van der Waals surface area (Å²) < 4.78 is 0. The van der Waals surface area contributed by atoms with Gasteiger partial charge in [-0.05, 0) is 49.8 Å². The lowest BCUT2D eigenvalue weighted by Crippen LogP contribution is -2.46. The van der Waals surface area contributed by atoms with Crippen LogP contribution < -0.4 is 10.2 Å². The summed E-state index contributed by atoms with van der Waals surface area (Å²) in [7, 11) is 0. The lowest BCUT2D eigenvalue weighted by atomic mass is 10.1. The first-order valence-corrected chi connectivity index (χ1v) is 9.09. The molecule has 130 valence electrons. The quantitative estimate of drug-likeness (QED) is 0.852. The van der Waals surface area contributed by atoms with Gasteiger partial charge in [0.2, 0.25) is 0 Å². The molecule has 0 unspecified atom stereocenters. The molecular formula is C18H24ClN3O2. The summed E-state index contributed by atoms with van der Waals surface area (Å²) in [4.78, 5) is 28.1. The molecule has 2 saturated heterocycles. The number of amides is 2. The first kappa shape index (κ1) is 17.1. The van der Waals surface area contributed by atoms with Gasteiger partial charge in [0.1, 0.15) is 0 Å². The summed E-state index contributed by atoms with van der Waals surface area (Å²) >= 11 is 6.05. The van der Waals surface area contributed by atoms with Crippen molar-refractivity contribution in [3.05, 3.63) is 29.3 Å². The molecule has 0 bridgehead atoms. The van der Waals surface area contributed by atoms with Gasteiger partial charge in [0.25, 0.3) is 0 Å². The fraction of sp³-hybridized carbons (Fsp3) is 0.556. The monoisotopic (exact) mass is 349 g/mol. The lowest BCUT2D eigenvalue weighted by Gasteiger charge is -2.26.